The van der Waals surface area contributed by atoms with E-state index in [9.17, 15) is 33.0 Å². The lowest BCUT2D eigenvalue weighted by Crippen LogP contribution is -2.24. The molecule has 3 rings (SSSR count). The van der Waals surface area contributed by atoms with Gasteiger partial charge in [-0.3, -0.25) is 9.59 Å². The number of ether oxygens (including phenoxy) is 1. The zero-order valence-corrected chi connectivity index (χ0v) is 13.9. The minimum Gasteiger partial charge on any atom is -0.507 e. The molecule has 140 valence electrons. The van der Waals surface area contributed by atoms with Crippen LogP contribution in [-0.2, 0) is 0 Å². The van der Waals surface area contributed by atoms with Crippen LogP contribution in [-0.4, -0.2) is 28.1 Å². The Morgan fingerprint density at radius 1 is 0.889 bits per heavy atom. The summed E-state index contributed by atoms with van der Waals surface area (Å²) >= 11 is 5.93. The smallest absolute Gasteiger partial charge is 0.507 e. The maximum atomic E-state index is 12.6. The summed E-state index contributed by atoms with van der Waals surface area (Å²) in [7, 11) is 0. The van der Waals surface area contributed by atoms with Crippen molar-refractivity contribution in [1.82, 2.24) is 0 Å². The van der Waals surface area contributed by atoms with Crippen molar-refractivity contribution in [2.24, 2.45) is 0 Å². The number of rotatable bonds is 3. The Morgan fingerprint density at radius 3 is 1.93 bits per heavy atom. The van der Waals surface area contributed by atoms with Gasteiger partial charge in [-0.15, -0.1) is 13.2 Å². The Bertz CT molecular complexity index is 983. The normalized spacial score (nSPS) is 14.2. The summed E-state index contributed by atoms with van der Waals surface area (Å²) in [5, 5.41) is 21.7. The van der Waals surface area contributed by atoms with Crippen LogP contribution in [0.15, 0.2) is 47.1 Å². The van der Waals surface area contributed by atoms with Crippen LogP contribution in [0.5, 0.6) is 17.2 Å². The number of Topliss-reactive ketones (excluding diaryl/α,β-unsaturated/α-hetero) is 2. The average Bonchev–Trinajstić information content (AvgIpc) is 2.58. The molecule has 6 nitrogen and oxygen atoms in total. The maximum absolute atomic E-state index is 12.6. The topological polar surface area (TPSA) is 95.9 Å². The lowest BCUT2D eigenvalue weighted by molar-refractivity contribution is -0.274. The number of allylic oxidation sites excluding steroid dienone is 2. The first-order valence-electron chi connectivity index (χ1n) is 7.25. The van der Waals surface area contributed by atoms with Crippen LogP contribution in [0.1, 0.15) is 20.7 Å². The van der Waals surface area contributed by atoms with E-state index in [2.05, 4.69) is 10.1 Å². The average molecular weight is 400 g/mol. The number of fused-ring (bicyclic) bond motifs is 1. The number of hydrogen-bond acceptors (Lipinski definition) is 6. The van der Waals surface area contributed by atoms with Crippen LogP contribution < -0.4 is 10.1 Å². The van der Waals surface area contributed by atoms with E-state index in [-0.39, 0.29) is 11.4 Å². The highest BCUT2D eigenvalue weighted by molar-refractivity contribution is 6.50. The van der Waals surface area contributed by atoms with Gasteiger partial charge in [-0.1, -0.05) is 11.6 Å². The summed E-state index contributed by atoms with van der Waals surface area (Å²) in [6.07, 6.45) is -4.85. The minimum atomic E-state index is -4.85. The number of phenolic OH excluding ortho intramolecular Hbond substituents is 2. The molecule has 2 aromatic rings. The Hall–Kier alpha value is -3.20. The highest BCUT2D eigenvalue weighted by Crippen LogP contribution is 2.38. The molecule has 2 aromatic carbocycles. The van der Waals surface area contributed by atoms with Crippen LogP contribution in [0, 0.1) is 0 Å². The fraction of sp³-hybridized carbons (Fsp3) is 0.0588. The molecule has 0 saturated heterocycles. The monoisotopic (exact) mass is 399 g/mol. The highest BCUT2D eigenvalue weighted by atomic mass is 35.5. The fourth-order valence-corrected chi connectivity index (χ4v) is 2.71. The molecule has 3 N–H and O–H groups in total. The van der Waals surface area contributed by atoms with Crippen molar-refractivity contribution < 1.29 is 37.7 Å². The van der Waals surface area contributed by atoms with Crippen molar-refractivity contribution in [2.45, 2.75) is 6.36 Å². The molecule has 0 unspecified atom stereocenters. The van der Waals surface area contributed by atoms with Gasteiger partial charge in [0.2, 0.25) is 11.6 Å². The Kier molecular flexibility index (Phi) is 4.48. The predicted octanol–water partition coefficient (Wildman–Crippen LogP) is 3.94. The number of aromatic hydroxyl groups is 2. The van der Waals surface area contributed by atoms with E-state index in [1.807, 2.05) is 0 Å². The van der Waals surface area contributed by atoms with Gasteiger partial charge >= 0.3 is 6.36 Å². The number of anilines is 1. The molecule has 27 heavy (non-hydrogen) atoms. The molecule has 0 spiro atoms. The number of ketones is 2. The number of halogens is 4. The molecule has 1 aliphatic carbocycles. The molecule has 0 amide bonds. The Balaban J connectivity index is 1.94. The van der Waals surface area contributed by atoms with E-state index in [0.717, 1.165) is 24.3 Å². The molecule has 0 bridgehead atoms. The van der Waals surface area contributed by atoms with Gasteiger partial charge in [0.05, 0.1) is 11.1 Å². The molecule has 0 aromatic heterocycles. The third kappa shape index (κ3) is 3.54. The van der Waals surface area contributed by atoms with Gasteiger partial charge in [0.15, 0.2) is 0 Å². The van der Waals surface area contributed by atoms with Crippen LogP contribution in [0.25, 0.3) is 0 Å². The van der Waals surface area contributed by atoms with Crippen molar-refractivity contribution in [3.05, 3.63) is 58.3 Å². The predicted molar refractivity (Wildman–Crippen MR) is 88.1 cm³/mol. The fourth-order valence-electron chi connectivity index (χ4n) is 2.48. The summed E-state index contributed by atoms with van der Waals surface area (Å²) in [4.78, 5) is 25.0. The Morgan fingerprint density at radius 2 is 1.41 bits per heavy atom. The molecule has 0 aliphatic heterocycles. The van der Waals surface area contributed by atoms with Crippen LogP contribution in [0.3, 0.4) is 0 Å². The van der Waals surface area contributed by atoms with Crippen molar-refractivity contribution in [3.8, 4) is 17.2 Å². The van der Waals surface area contributed by atoms with Crippen LogP contribution in [0.4, 0.5) is 18.9 Å². The third-order valence-corrected chi connectivity index (χ3v) is 3.98. The summed E-state index contributed by atoms with van der Waals surface area (Å²) in [5.74, 6) is -3.28. The second-order valence-corrected chi connectivity index (χ2v) is 5.78. The summed E-state index contributed by atoms with van der Waals surface area (Å²) in [6, 6.07) is 6.43. The number of carbonyl (C=O) groups is 2. The van der Waals surface area contributed by atoms with E-state index in [1.54, 1.807) is 0 Å². The van der Waals surface area contributed by atoms with Crippen LogP contribution in [0.2, 0.25) is 0 Å². The van der Waals surface area contributed by atoms with E-state index < -0.39 is 51.3 Å². The van der Waals surface area contributed by atoms with Gasteiger partial charge in [-0.25, -0.2) is 0 Å². The maximum Gasteiger partial charge on any atom is 0.573 e. The zero-order valence-electron chi connectivity index (χ0n) is 13.1. The van der Waals surface area contributed by atoms with E-state index >= 15 is 0 Å². The quantitative estimate of drug-likeness (QED) is 0.677. The molecule has 10 heteroatoms. The van der Waals surface area contributed by atoms with Crippen molar-refractivity contribution in [2.75, 3.05) is 5.32 Å². The molecule has 0 heterocycles. The van der Waals surface area contributed by atoms with E-state index in [1.165, 1.54) is 12.1 Å². The van der Waals surface area contributed by atoms with Gasteiger partial charge in [0, 0.05) is 5.69 Å². The van der Waals surface area contributed by atoms with E-state index in [0.29, 0.717) is 0 Å². The zero-order chi connectivity index (χ0) is 19.9. The first kappa shape index (κ1) is 18.6. The number of phenols is 2. The minimum absolute atomic E-state index is 0.141. The SMILES string of the molecule is O=C1C(Cl)=C(Nc2ccc(OC(F)(F)F)cc2)C(=O)c2c(O)ccc(O)c21. The second-order valence-electron chi connectivity index (χ2n) is 5.40. The lowest BCUT2D eigenvalue weighted by Gasteiger charge is -2.20. The molecule has 0 atom stereocenters. The number of hydrogen-bond donors (Lipinski definition) is 3. The van der Waals surface area contributed by atoms with Crippen molar-refractivity contribution >= 4 is 28.9 Å². The van der Waals surface area contributed by atoms with Gasteiger partial charge < -0.3 is 20.3 Å². The summed E-state index contributed by atoms with van der Waals surface area (Å²) < 4.78 is 40.3. The lowest BCUT2D eigenvalue weighted by atomic mass is 9.90. The molecule has 0 fully saturated rings. The summed E-state index contributed by atoms with van der Waals surface area (Å²) in [6.45, 7) is 0. The number of carbonyl (C=O) groups excluding carboxylic acids is 2. The third-order valence-electron chi connectivity index (χ3n) is 3.62. The summed E-state index contributed by atoms with van der Waals surface area (Å²) in [5.41, 5.74) is -1.10. The molecular weight excluding hydrogens is 391 g/mol. The van der Waals surface area contributed by atoms with E-state index in [4.69, 9.17) is 11.6 Å². The van der Waals surface area contributed by atoms with Gasteiger partial charge in [0.25, 0.3) is 0 Å². The van der Waals surface area contributed by atoms with Crippen LogP contribution >= 0.6 is 11.6 Å². The van der Waals surface area contributed by atoms with Gasteiger partial charge in [-0.05, 0) is 36.4 Å². The van der Waals surface area contributed by atoms with Gasteiger partial charge in [0.1, 0.15) is 28.0 Å². The highest BCUT2D eigenvalue weighted by Gasteiger charge is 2.36. The molecule has 0 saturated carbocycles. The molecular formula is C17H9ClF3NO5. The first-order chi connectivity index (χ1) is 12.6. The van der Waals surface area contributed by atoms with Crippen molar-refractivity contribution in [1.29, 1.82) is 0 Å². The standard InChI is InChI=1S/C17H9ClF3NO5/c18-13-14(22-7-1-3-8(4-2-7)27-17(19,20)21)16(26)12-10(24)6-5-9(23)11(12)15(13)25/h1-6,22-24H. The Labute approximate surface area is 154 Å². The largest absolute Gasteiger partial charge is 0.573 e. The first-order valence-corrected chi connectivity index (χ1v) is 7.63. The number of benzene rings is 2. The molecule has 0 radical (unpaired) electrons. The van der Waals surface area contributed by atoms with Crippen molar-refractivity contribution in [3.63, 3.8) is 0 Å². The number of alkyl halides is 3. The van der Waals surface area contributed by atoms with Gasteiger partial charge in [-0.2, -0.15) is 0 Å². The molecule has 1 aliphatic rings. The number of nitrogens with one attached hydrogen (secondary N) is 1. The second kappa shape index (κ2) is 6.51.